The van der Waals surface area contributed by atoms with E-state index in [1.54, 1.807) is 31.5 Å². The van der Waals surface area contributed by atoms with Crippen LogP contribution in [0.2, 0.25) is 5.02 Å². The fourth-order valence-electron chi connectivity index (χ4n) is 6.04. The lowest BCUT2D eigenvalue weighted by molar-refractivity contribution is 0.400. The van der Waals surface area contributed by atoms with E-state index in [1.807, 2.05) is 0 Å². The number of benzene rings is 2. The Labute approximate surface area is 246 Å². The van der Waals surface area contributed by atoms with Crippen LogP contribution >= 0.6 is 18.7 Å². The van der Waals surface area contributed by atoms with E-state index >= 15 is 0 Å². The summed E-state index contributed by atoms with van der Waals surface area (Å²) in [5, 5.41) is 26.0. The molecule has 2 aliphatic carbocycles. The number of rotatable bonds is 9. The number of hydrogen-bond acceptors (Lipinski definition) is 8. The molecule has 0 bridgehead atoms. The molecule has 10 heteroatoms. The first-order chi connectivity index (χ1) is 19.7. The zero-order chi connectivity index (χ0) is 29.1. The van der Waals surface area contributed by atoms with Crippen molar-refractivity contribution in [2.24, 2.45) is 29.4 Å². The van der Waals surface area contributed by atoms with Crippen molar-refractivity contribution in [3.63, 3.8) is 0 Å². The van der Waals surface area contributed by atoms with E-state index in [-0.39, 0.29) is 5.92 Å². The molecule has 4 N–H and O–H groups in total. The Hall–Kier alpha value is -3.42. The SMILES string of the molecule is CP(C)(=O)c1cc(C#N)ccc1Nc1nc(Nc2ccc3c(c2)CC[C@@H](CCC2C(C#N)C2CN)CC3)ncc1Cl. The summed E-state index contributed by atoms with van der Waals surface area (Å²) < 4.78 is 12.9. The Morgan fingerprint density at radius 3 is 2.51 bits per heavy atom. The lowest BCUT2D eigenvalue weighted by Gasteiger charge is -2.16. The number of aromatic nitrogens is 2. The summed E-state index contributed by atoms with van der Waals surface area (Å²) in [7, 11) is -2.68. The number of halogens is 1. The molecule has 1 aromatic heterocycles. The average molecular weight is 588 g/mol. The molecule has 2 aliphatic rings. The van der Waals surface area contributed by atoms with Gasteiger partial charge in [0.1, 0.15) is 12.2 Å². The molecule has 1 saturated carbocycles. The molecule has 3 unspecified atom stereocenters. The zero-order valence-electron chi connectivity index (χ0n) is 23.4. The van der Waals surface area contributed by atoms with E-state index in [4.69, 9.17) is 17.3 Å². The Balaban J connectivity index is 1.26. The fraction of sp³-hybridized carbons (Fsp3) is 0.419. The van der Waals surface area contributed by atoms with Crippen LogP contribution in [0.25, 0.3) is 0 Å². The first kappa shape index (κ1) is 29.1. The number of nitrogens with one attached hydrogen (secondary N) is 2. The van der Waals surface area contributed by atoms with Crippen LogP contribution in [-0.4, -0.2) is 29.8 Å². The predicted molar refractivity (Wildman–Crippen MR) is 165 cm³/mol. The van der Waals surface area contributed by atoms with Crippen molar-refractivity contribution in [1.82, 2.24) is 9.97 Å². The maximum atomic E-state index is 12.9. The van der Waals surface area contributed by atoms with Crippen molar-refractivity contribution in [3.8, 4) is 12.1 Å². The van der Waals surface area contributed by atoms with Gasteiger partial charge in [-0.05, 0) is 111 Å². The molecule has 1 heterocycles. The van der Waals surface area contributed by atoms with E-state index in [0.717, 1.165) is 31.4 Å². The van der Waals surface area contributed by atoms with Crippen molar-refractivity contribution >= 4 is 47.2 Å². The van der Waals surface area contributed by atoms with Crippen LogP contribution in [0.3, 0.4) is 0 Å². The Bertz CT molecular complexity index is 1570. The minimum Gasteiger partial charge on any atom is -0.338 e. The first-order valence-corrected chi connectivity index (χ1v) is 17.1. The highest BCUT2D eigenvalue weighted by atomic mass is 35.5. The van der Waals surface area contributed by atoms with Gasteiger partial charge in [0.25, 0.3) is 0 Å². The second kappa shape index (κ2) is 12.2. The molecule has 0 amide bonds. The maximum Gasteiger partial charge on any atom is 0.229 e. The average Bonchev–Trinajstić information content (AvgIpc) is 3.70. The van der Waals surface area contributed by atoms with Crippen molar-refractivity contribution < 1.29 is 4.57 Å². The summed E-state index contributed by atoms with van der Waals surface area (Å²) in [6.45, 7) is 3.95. The van der Waals surface area contributed by atoms with Gasteiger partial charge in [-0.1, -0.05) is 24.1 Å². The maximum absolute atomic E-state index is 12.9. The molecule has 41 heavy (non-hydrogen) atoms. The minimum atomic E-state index is -2.68. The highest BCUT2D eigenvalue weighted by Gasteiger charge is 2.48. The summed E-state index contributed by atoms with van der Waals surface area (Å²) in [5.74, 6) is 2.48. The lowest BCUT2D eigenvalue weighted by atomic mass is 9.92. The fourth-order valence-corrected chi connectivity index (χ4v) is 7.34. The third kappa shape index (κ3) is 6.74. The molecule has 3 aromatic rings. The van der Waals surface area contributed by atoms with Gasteiger partial charge in [0, 0.05) is 11.0 Å². The van der Waals surface area contributed by atoms with Gasteiger partial charge in [-0.15, -0.1) is 0 Å². The van der Waals surface area contributed by atoms with Crippen molar-refractivity contribution in [2.75, 3.05) is 30.5 Å². The molecule has 0 spiro atoms. The second-order valence-electron chi connectivity index (χ2n) is 11.6. The van der Waals surface area contributed by atoms with Gasteiger partial charge in [0.2, 0.25) is 5.95 Å². The molecular weight excluding hydrogens is 553 g/mol. The van der Waals surface area contributed by atoms with Gasteiger partial charge < -0.3 is 20.9 Å². The molecule has 0 saturated heterocycles. The largest absolute Gasteiger partial charge is 0.338 e. The number of hydrogen-bond donors (Lipinski definition) is 3. The summed E-state index contributed by atoms with van der Waals surface area (Å²) in [6.07, 6.45) is 8.20. The van der Waals surface area contributed by atoms with Gasteiger partial charge in [0.15, 0.2) is 5.82 Å². The molecule has 1 fully saturated rings. The molecular formula is C31H35ClN7OP. The van der Waals surface area contributed by atoms with E-state index in [2.05, 4.69) is 50.9 Å². The lowest BCUT2D eigenvalue weighted by Crippen LogP contribution is -2.12. The normalized spacial score (nSPS) is 21.6. The van der Waals surface area contributed by atoms with Gasteiger partial charge >= 0.3 is 0 Å². The van der Waals surface area contributed by atoms with E-state index in [1.165, 1.54) is 30.2 Å². The van der Waals surface area contributed by atoms with Gasteiger partial charge in [-0.3, -0.25) is 0 Å². The number of nitrogens with zero attached hydrogens (tertiary/aromatic N) is 4. The highest BCUT2D eigenvalue weighted by Crippen LogP contribution is 2.49. The summed E-state index contributed by atoms with van der Waals surface area (Å²) >= 11 is 6.42. The van der Waals surface area contributed by atoms with Crippen LogP contribution in [-0.2, 0) is 17.4 Å². The Kier molecular flexibility index (Phi) is 8.66. The van der Waals surface area contributed by atoms with Crippen LogP contribution in [0.5, 0.6) is 0 Å². The standard InChI is InChI=1S/C31H35ClN7OP/c1-41(2,40)29-13-20(15-33)6-12-28(29)38-30-27(32)18-36-31(39-30)37-23-10-9-21-7-3-19(4-8-22(21)14-23)5-11-24-25(16-34)26(24)17-35/h6,9-10,12-14,18-19,24-26H,3-5,7-8,11,16,34H2,1-2H3,(H2,36,37,38,39)/t19-,24?,25?,26?/m0/s1. The van der Waals surface area contributed by atoms with Crippen LogP contribution in [0, 0.1) is 46.3 Å². The molecule has 0 radical (unpaired) electrons. The molecule has 212 valence electrons. The van der Waals surface area contributed by atoms with Crippen LogP contribution in [0.1, 0.15) is 42.4 Å². The van der Waals surface area contributed by atoms with Crippen molar-refractivity contribution in [3.05, 3.63) is 64.3 Å². The van der Waals surface area contributed by atoms with E-state index in [9.17, 15) is 15.1 Å². The van der Waals surface area contributed by atoms with Crippen LogP contribution < -0.4 is 21.7 Å². The van der Waals surface area contributed by atoms with Crippen molar-refractivity contribution in [2.45, 2.75) is 38.5 Å². The number of fused-ring (bicyclic) bond motifs is 1. The molecule has 5 rings (SSSR count). The Morgan fingerprint density at radius 2 is 1.83 bits per heavy atom. The van der Waals surface area contributed by atoms with Gasteiger partial charge in [0.05, 0.1) is 35.5 Å². The third-order valence-electron chi connectivity index (χ3n) is 8.47. The summed E-state index contributed by atoms with van der Waals surface area (Å²) in [4.78, 5) is 8.96. The topological polar surface area (TPSA) is 141 Å². The molecule has 4 atom stereocenters. The molecule has 8 nitrogen and oxygen atoms in total. The van der Waals surface area contributed by atoms with Crippen LogP contribution in [0.4, 0.5) is 23.1 Å². The Morgan fingerprint density at radius 1 is 1.05 bits per heavy atom. The van der Waals surface area contributed by atoms with E-state index in [0.29, 0.717) is 57.6 Å². The number of nitrogens with two attached hydrogens (primary N) is 1. The molecule has 2 aromatic carbocycles. The van der Waals surface area contributed by atoms with Gasteiger partial charge in [-0.25, -0.2) is 4.98 Å². The van der Waals surface area contributed by atoms with Crippen LogP contribution in [0.15, 0.2) is 42.6 Å². The monoisotopic (exact) mass is 587 g/mol. The predicted octanol–water partition coefficient (Wildman–Crippen LogP) is 6.36. The first-order valence-electron chi connectivity index (χ1n) is 14.1. The second-order valence-corrected chi connectivity index (χ2v) is 15.1. The summed E-state index contributed by atoms with van der Waals surface area (Å²) in [6, 6.07) is 16.0. The summed E-state index contributed by atoms with van der Waals surface area (Å²) in [5.41, 5.74) is 10.5. The quantitative estimate of drug-likeness (QED) is 0.194. The number of nitriles is 2. The number of aryl methyl sites for hydroxylation is 2. The number of anilines is 4. The smallest absolute Gasteiger partial charge is 0.229 e. The van der Waals surface area contributed by atoms with E-state index < -0.39 is 7.14 Å². The molecule has 0 aliphatic heterocycles. The zero-order valence-corrected chi connectivity index (χ0v) is 25.1. The van der Waals surface area contributed by atoms with Crippen molar-refractivity contribution in [1.29, 1.82) is 10.5 Å². The third-order valence-corrected chi connectivity index (χ3v) is 10.3. The van der Waals surface area contributed by atoms with Gasteiger partial charge in [-0.2, -0.15) is 15.5 Å². The minimum absolute atomic E-state index is 0.161. The highest BCUT2D eigenvalue weighted by molar-refractivity contribution is 7.70.